The van der Waals surface area contributed by atoms with Gasteiger partial charge in [0.2, 0.25) is 0 Å². The zero-order valence-electron chi connectivity index (χ0n) is 18.4. The molecule has 0 spiro atoms. The van der Waals surface area contributed by atoms with Crippen LogP contribution in [0.3, 0.4) is 0 Å². The maximum Gasteiger partial charge on any atom is 0.163 e. The number of aryl methyl sites for hydroxylation is 1. The lowest BCUT2D eigenvalue weighted by Crippen LogP contribution is -2.36. The van der Waals surface area contributed by atoms with Gasteiger partial charge in [0.25, 0.3) is 0 Å². The Morgan fingerprint density at radius 3 is 2.45 bits per heavy atom. The van der Waals surface area contributed by atoms with Gasteiger partial charge in [0, 0.05) is 29.3 Å². The molecule has 31 heavy (non-hydrogen) atoms. The summed E-state index contributed by atoms with van der Waals surface area (Å²) in [7, 11) is 1.66. The summed E-state index contributed by atoms with van der Waals surface area (Å²) in [6.07, 6.45) is 1.38. The fraction of sp³-hybridized carbons (Fsp3) is 0.308. The number of anilines is 1. The van der Waals surface area contributed by atoms with E-state index in [1.807, 2.05) is 28.9 Å². The van der Waals surface area contributed by atoms with Gasteiger partial charge in [0.1, 0.15) is 17.6 Å². The van der Waals surface area contributed by atoms with Crippen LogP contribution in [0.4, 0.5) is 5.82 Å². The van der Waals surface area contributed by atoms with Gasteiger partial charge < -0.3 is 10.1 Å². The molecule has 2 heterocycles. The third-order valence-electron chi connectivity index (χ3n) is 6.23. The molecule has 0 saturated heterocycles. The summed E-state index contributed by atoms with van der Waals surface area (Å²) in [5.41, 5.74) is 5.99. The molecule has 5 rings (SSSR count). The van der Waals surface area contributed by atoms with Crippen LogP contribution in [0.1, 0.15) is 43.9 Å². The van der Waals surface area contributed by atoms with Crippen molar-refractivity contribution in [2.45, 2.75) is 39.7 Å². The Kier molecular flexibility index (Phi) is 4.50. The molecular formula is C26H27N3O2. The molecule has 1 aliphatic carbocycles. The van der Waals surface area contributed by atoms with Gasteiger partial charge in [0.05, 0.1) is 12.8 Å². The van der Waals surface area contributed by atoms with E-state index in [2.05, 4.69) is 56.4 Å². The van der Waals surface area contributed by atoms with Crippen LogP contribution in [0.25, 0.3) is 11.3 Å². The fourth-order valence-corrected chi connectivity index (χ4v) is 4.68. The number of nitrogens with zero attached hydrogens (tertiary/aromatic N) is 2. The van der Waals surface area contributed by atoms with Crippen molar-refractivity contribution in [3.63, 3.8) is 0 Å². The first-order chi connectivity index (χ1) is 14.8. The zero-order valence-corrected chi connectivity index (χ0v) is 18.4. The number of hydrogen-bond donors (Lipinski definition) is 1. The van der Waals surface area contributed by atoms with E-state index < -0.39 is 0 Å². The van der Waals surface area contributed by atoms with Gasteiger partial charge in [-0.1, -0.05) is 55.8 Å². The standard InChI is InChI=1S/C26H27N3O2/c1-16-5-7-17(8-6-16)20-13-23-27-21-14-26(2,3)15-22(30)24(21)25(29(23)28-20)18-9-11-19(31-4)12-10-18/h5-13,25,27H,14-15H2,1-4H3/t25-/m1/s1. The smallest absolute Gasteiger partial charge is 0.163 e. The van der Waals surface area contributed by atoms with E-state index in [9.17, 15) is 4.79 Å². The molecule has 1 aromatic heterocycles. The Hall–Kier alpha value is -3.34. The molecule has 3 aromatic rings. The van der Waals surface area contributed by atoms with E-state index in [0.717, 1.165) is 46.1 Å². The van der Waals surface area contributed by atoms with E-state index in [-0.39, 0.29) is 17.2 Å². The molecule has 1 atom stereocenters. The first-order valence-corrected chi connectivity index (χ1v) is 10.7. The van der Waals surface area contributed by atoms with Gasteiger partial charge in [-0.2, -0.15) is 5.10 Å². The molecular weight excluding hydrogens is 386 g/mol. The Labute approximate surface area is 182 Å². The number of rotatable bonds is 3. The first-order valence-electron chi connectivity index (χ1n) is 10.7. The third kappa shape index (κ3) is 3.44. The van der Waals surface area contributed by atoms with Gasteiger partial charge >= 0.3 is 0 Å². The summed E-state index contributed by atoms with van der Waals surface area (Å²) in [5, 5.41) is 8.49. The van der Waals surface area contributed by atoms with Crippen molar-refractivity contribution in [2.24, 2.45) is 5.41 Å². The molecule has 5 heteroatoms. The summed E-state index contributed by atoms with van der Waals surface area (Å²) >= 11 is 0. The van der Waals surface area contributed by atoms with Crippen LogP contribution in [-0.4, -0.2) is 22.7 Å². The molecule has 1 N–H and O–H groups in total. The summed E-state index contributed by atoms with van der Waals surface area (Å²) in [4.78, 5) is 13.3. The summed E-state index contributed by atoms with van der Waals surface area (Å²) in [6.45, 7) is 6.39. The van der Waals surface area contributed by atoms with Crippen molar-refractivity contribution >= 4 is 11.6 Å². The number of allylic oxidation sites excluding steroid dienone is 2. The summed E-state index contributed by atoms with van der Waals surface area (Å²) in [5.74, 6) is 1.90. The largest absolute Gasteiger partial charge is 0.497 e. The Balaban J connectivity index is 1.66. The van der Waals surface area contributed by atoms with Crippen molar-refractivity contribution in [1.29, 1.82) is 0 Å². The van der Waals surface area contributed by atoms with E-state index in [4.69, 9.17) is 9.84 Å². The maximum atomic E-state index is 13.3. The second-order valence-electron chi connectivity index (χ2n) is 9.36. The summed E-state index contributed by atoms with van der Waals surface area (Å²) in [6, 6.07) is 18.2. The molecule has 2 aromatic carbocycles. The van der Waals surface area contributed by atoms with Crippen LogP contribution in [0, 0.1) is 12.3 Å². The van der Waals surface area contributed by atoms with Crippen LogP contribution in [0.5, 0.6) is 5.75 Å². The SMILES string of the molecule is COc1ccc([C@@H]2C3=C(CC(C)(C)CC3=O)Nc3cc(-c4ccc(C)cc4)nn32)cc1. The first kappa shape index (κ1) is 19.6. The normalized spacial score (nSPS) is 19.5. The minimum atomic E-state index is -0.250. The molecule has 0 radical (unpaired) electrons. The topological polar surface area (TPSA) is 56.1 Å². The van der Waals surface area contributed by atoms with E-state index in [1.165, 1.54) is 5.56 Å². The van der Waals surface area contributed by atoms with E-state index >= 15 is 0 Å². The quantitative estimate of drug-likeness (QED) is 0.614. The summed E-state index contributed by atoms with van der Waals surface area (Å²) < 4.78 is 7.30. The maximum absolute atomic E-state index is 13.3. The number of hydrogen-bond acceptors (Lipinski definition) is 4. The van der Waals surface area contributed by atoms with Crippen LogP contribution in [-0.2, 0) is 4.79 Å². The van der Waals surface area contributed by atoms with Gasteiger partial charge in [0.15, 0.2) is 5.78 Å². The Morgan fingerprint density at radius 1 is 1.06 bits per heavy atom. The number of carbonyl (C=O) groups excluding carboxylic acids is 1. The van der Waals surface area contributed by atoms with Crippen molar-refractivity contribution in [2.75, 3.05) is 12.4 Å². The number of ketones is 1. The van der Waals surface area contributed by atoms with Gasteiger partial charge in [-0.3, -0.25) is 4.79 Å². The average molecular weight is 414 g/mol. The predicted molar refractivity (Wildman–Crippen MR) is 122 cm³/mol. The number of methoxy groups -OCH3 is 1. The molecule has 158 valence electrons. The fourth-order valence-electron chi connectivity index (χ4n) is 4.68. The number of carbonyl (C=O) groups is 1. The minimum Gasteiger partial charge on any atom is -0.497 e. The highest BCUT2D eigenvalue weighted by molar-refractivity contribution is 6.00. The number of fused-ring (bicyclic) bond motifs is 1. The molecule has 0 saturated carbocycles. The van der Waals surface area contributed by atoms with Crippen molar-refractivity contribution in [1.82, 2.24) is 9.78 Å². The van der Waals surface area contributed by atoms with Crippen molar-refractivity contribution in [3.05, 3.63) is 77.0 Å². The van der Waals surface area contributed by atoms with Gasteiger partial charge in [-0.15, -0.1) is 0 Å². The third-order valence-corrected chi connectivity index (χ3v) is 6.23. The van der Waals surface area contributed by atoms with Crippen LogP contribution >= 0.6 is 0 Å². The highest BCUT2D eigenvalue weighted by Crippen LogP contribution is 2.46. The van der Waals surface area contributed by atoms with Crippen molar-refractivity contribution in [3.8, 4) is 17.0 Å². The second kappa shape index (κ2) is 7.12. The lowest BCUT2D eigenvalue weighted by atomic mass is 9.73. The van der Waals surface area contributed by atoms with Crippen molar-refractivity contribution < 1.29 is 9.53 Å². The lowest BCUT2D eigenvalue weighted by molar-refractivity contribution is -0.118. The average Bonchev–Trinajstić information content (AvgIpc) is 3.15. The Morgan fingerprint density at radius 2 is 1.77 bits per heavy atom. The van der Waals surface area contributed by atoms with Gasteiger partial charge in [-0.25, -0.2) is 4.68 Å². The molecule has 5 nitrogen and oxygen atoms in total. The molecule has 0 bridgehead atoms. The molecule has 0 amide bonds. The number of benzene rings is 2. The van der Waals surface area contributed by atoms with Crippen LogP contribution in [0.2, 0.25) is 0 Å². The Bertz CT molecular complexity index is 1180. The zero-order chi connectivity index (χ0) is 21.8. The molecule has 0 unspecified atom stereocenters. The number of aromatic nitrogens is 2. The highest BCUT2D eigenvalue weighted by atomic mass is 16.5. The highest BCUT2D eigenvalue weighted by Gasteiger charge is 2.41. The number of nitrogens with one attached hydrogen (secondary N) is 1. The van der Waals surface area contributed by atoms with E-state index in [1.54, 1.807) is 7.11 Å². The second-order valence-corrected chi connectivity index (χ2v) is 9.36. The van der Waals surface area contributed by atoms with Gasteiger partial charge in [-0.05, 0) is 36.5 Å². The lowest BCUT2D eigenvalue weighted by Gasteiger charge is -2.38. The molecule has 2 aliphatic rings. The minimum absolute atomic E-state index is 0.0602. The van der Waals surface area contributed by atoms with Crippen LogP contribution in [0.15, 0.2) is 65.9 Å². The predicted octanol–water partition coefficient (Wildman–Crippen LogP) is 5.53. The van der Waals surface area contributed by atoms with E-state index in [0.29, 0.717) is 6.42 Å². The molecule has 1 aliphatic heterocycles. The number of Topliss-reactive ketones (excluding diaryl/α,β-unsaturated/α-hetero) is 1. The van der Waals surface area contributed by atoms with Crippen LogP contribution < -0.4 is 10.1 Å². The monoisotopic (exact) mass is 413 g/mol. The molecule has 0 fully saturated rings. The number of ether oxygens (including phenoxy) is 1.